The maximum absolute atomic E-state index is 11.1. The molecule has 1 unspecified atom stereocenters. The molecule has 1 aromatic carbocycles. The van der Waals surface area contributed by atoms with Crippen molar-refractivity contribution in [2.45, 2.75) is 53.0 Å². The number of nitrogens with zero attached hydrogens (tertiary/aromatic N) is 1. The average Bonchev–Trinajstić information content (AvgIpc) is 2.46. The molecule has 1 aromatic rings. The molecule has 118 valence electrons. The Kier molecular flexibility index (Phi) is 6.99. The Morgan fingerprint density at radius 1 is 1.14 bits per heavy atom. The lowest BCUT2D eigenvalue weighted by Gasteiger charge is -2.23. The highest BCUT2D eigenvalue weighted by Gasteiger charge is 2.15. The largest absolute Gasteiger partial charge is 0.385 e. The summed E-state index contributed by atoms with van der Waals surface area (Å²) in [7, 11) is 0. The van der Waals surface area contributed by atoms with Crippen molar-refractivity contribution in [2.24, 2.45) is 5.92 Å². The van der Waals surface area contributed by atoms with E-state index in [0.717, 1.165) is 37.2 Å². The maximum atomic E-state index is 11.1. The molecule has 2 N–H and O–H groups in total. The van der Waals surface area contributed by atoms with Crippen LogP contribution in [0.3, 0.4) is 0 Å². The standard InChI is InChI=1S/C16H27N3O2/c1-5-8-17-14-9-15(11-16(10-14)19(20)21)18-12(4)13(6-2)7-3/h9-13,17-18H,5-8H2,1-4H3. The molecule has 0 saturated carbocycles. The van der Waals surface area contributed by atoms with Crippen molar-refractivity contribution in [2.75, 3.05) is 17.2 Å². The first-order valence-electron chi connectivity index (χ1n) is 7.81. The van der Waals surface area contributed by atoms with Gasteiger partial charge in [-0.3, -0.25) is 10.1 Å². The second-order valence-corrected chi connectivity index (χ2v) is 5.46. The lowest BCUT2D eigenvalue weighted by atomic mass is 9.95. The van der Waals surface area contributed by atoms with E-state index < -0.39 is 0 Å². The number of non-ortho nitro benzene ring substituents is 1. The normalized spacial score (nSPS) is 12.2. The van der Waals surface area contributed by atoms with Crippen molar-refractivity contribution in [1.82, 2.24) is 0 Å². The van der Waals surface area contributed by atoms with Crippen LogP contribution in [-0.2, 0) is 0 Å². The molecule has 0 aliphatic carbocycles. The molecule has 0 aromatic heterocycles. The van der Waals surface area contributed by atoms with Crippen molar-refractivity contribution in [3.63, 3.8) is 0 Å². The van der Waals surface area contributed by atoms with Gasteiger partial charge in [-0.1, -0.05) is 33.6 Å². The summed E-state index contributed by atoms with van der Waals surface area (Å²) in [6.45, 7) is 9.36. The molecule has 0 fully saturated rings. The van der Waals surface area contributed by atoms with Gasteiger partial charge in [0.05, 0.1) is 4.92 Å². The predicted molar refractivity (Wildman–Crippen MR) is 89.0 cm³/mol. The number of hydrogen-bond donors (Lipinski definition) is 2. The van der Waals surface area contributed by atoms with E-state index in [9.17, 15) is 10.1 Å². The van der Waals surface area contributed by atoms with Crippen LogP contribution in [0, 0.1) is 16.0 Å². The van der Waals surface area contributed by atoms with Gasteiger partial charge in [-0.25, -0.2) is 0 Å². The molecule has 0 bridgehead atoms. The summed E-state index contributed by atoms with van der Waals surface area (Å²) in [4.78, 5) is 10.7. The van der Waals surface area contributed by atoms with E-state index in [1.165, 1.54) is 0 Å². The van der Waals surface area contributed by atoms with Crippen LogP contribution in [0.25, 0.3) is 0 Å². The molecule has 5 heteroatoms. The minimum absolute atomic E-state index is 0.121. The molecule has 0 spiro atoms. The topological polar surface area (TPSA) is 67.2 Å². The number of rotatable bonds is 9. The molecule has 5 nitrogen and oxygen atoms in total. The fourth-order valence-corrected chi connectivity index (χ4v) is 2.55. The summed E-state index contributed by atoms with van der Waals surface area (Å²) in [6.07, 6.45) is 3.18. The molecule has 0 amide bonds. The van der Waals surface area contributed by atoms with Crippen LogP contribution in [0.15, 0.2) is 18.2 Å². The third kappa shape index (κ3) is 5.25. The fourth-order valence-electron chi connectivity index (χ4n) is 2.55. The molecule has 0 aliphatic heterocycles. The minimum Gasteiger partial charge on any atom is -0.385 e. The van der Waals surface area contributed by atoms with Crippen LogP contribution >= 0.6 is 0 Å². The summed E-state index contributed by atoms with van der Waals surface area (Å²) in [5, 5.41) is 17.7. The molecule has 1 atom stereocenters. The summed E-state index contributed by atoms with van der Waals surface area (Å²) in [5.41, 5.74) is 1.72. The first kappa shape index (κ1) is 17.3. The highest BCUT2D eigenvalue weighted by atomic mass is 16.6. The first-order chi connectivity index (χ1) is 10.0. The van der Waals surface area contributed by atoms with Gasteiger partial charge in [-0.05, 0) is 25.3 Å². The number of nitrogens with one attached hydrogen (secondary N) is 2. The summed E-state index contributed by atoms with van der Waals surface area (Å²) in [6, 6.07) is 5.43. The smallest absolute Gasteiger partial charge is 0.273 e. The zero-order valence-corrected chi connectivity index (χ0v) is 13.5. The van der Waals surface area contributed by atoms with E-state index in [4.69, 9.17) is 0 Å². The lowest BCUT2D eigenvalue weighted by Crippen LogP contribution is -2.25. The minimum atomic E-state index is -0.343. The maximum Gasteiger partial charge on any atom is 0.273 e. The highest BCUT2D eigenvalue weighted by Crippen LogP contribution is 2.26. The van der Waals surface area contributed by atoms with Gasteiger partial charge in [0.15, 0.2) is 0 Å². The second kappa shape index (κ2) is 8.49. The predicted octanol–water partition coefficient (Wildman–Crippen LogP) is 4.65. The van der Waals surface area contributed by atoms with Gasteiger partial charge >= 0.3 is 0 Å². The molecule has 21 heavy (non-hydrogen) atoms. The quantitative estimate of drug-likeness (QED) is 0.513. The van der Waals surface area contributed by atoms with Crippen molar-refractivity contribution in [1.29, 1.82) is 0 Å². The molecule has 1 rings (SSSR count). The highest BCUT2D eigenvalue weighted by molar-refractivity contribution is 5.63. The van der Waals surface area contributed by atoms with E-state index in [1.54, 1.807) is 12.1 Å². The zero-order valence-electron chi connectivity index (χ0n) is 13.5. The van der Waals surface area contributed by atoms with Crippen LogP contribution in [0.2, 0.25) is 0 Å². The number of benzene rings is 1. The number of anilines is 2. The number of nitro groups is 1. The van der Waals surface area contributed by atoms with Gasteiger partial charge in [0.1, 0.15) is 0 Å². The van der Waals surface area contributed by atoms with E-state index in [0.29, 0.717) is 12.0 Å². The third-order valence-corrected chi connectivity index (χ3v) is 3.86. The Morgan fingerprint density at radius 3 is 2.29 bits per heavy atom. The lowest BCUT2D eigenvalue weighted by molar-refractivity contribution is -0.384. The zero-order chi connectivity index (χ0) is 15.8. The van der Waals surface area contributed by atoms with E-state index in [1.807, 2.05) is 6.07 Å². The van der Waals surface area contributed by atoms with E-state index in [2.05, 4.69) is 38.3 Å². The molecule has 0 aliphatic rings. The van der Waals surface area contributed by atoms with Gasteiger partial charge < -0.3 is 10.6 Å². The summed E-state index contributed by atoms with van der Waals surface area (Å²) >= 11 is 0. The SMILES string of the molecule is CCCNc1cc(NC(C)C(CC)CC)cc([N+](=O)[O-])c1. The van der Waals surface area contributed by atoms with Gasteiger partial charge in [-0.15, -0.1) is 0 Å². The monoisotopic (exact) mass is 293 g/mol. The summed E-state index contributed by atoms with van der Waals surface area (Å²) < 4.78 is 0. The van der Waals surface area contributed by atoms with Gasteiger partial charge in [-0.2, -0.15) is 0 Å². The van der Waals surface area contributed by atoms with Crippen LogP contribution in [0.5, 0.6) is 0 Å². The van der Waals surface area contributed by atoms with Gasteiger partial charge in [0.2, 0.25) is 0 Å². The van der Waals surface area contributed by atoms with Crippen molar-refractivity contribution in [3.8, 4) is 0 Å². The molecule has 0 saturated heterocycles. The number of hydrogen-bond acceptors (Lipinski definition) is 4. The molecular weight excluding hydrogens is 266 g/mol. The molecular formula is C16H27N3O2. The Hall–Kier alpha value is -1.78. The average molecular weight is 293 g/mol. The molecule has 0 heterocycles. The Labute approximate surface area is 127 Å². The Morgan fingerprint density at radius 2 is 1.76 bits per heavy atom. The van der Waals surface area contributed by atoms with E-state index in [-0.39, 0.29) is 10.6 Å². The van der Waals surface area contributed by atoms with Crippen LogP contribution in [0.4, 0.5) is 17.1 Å². The van der Waals surface area contributed by atoms with E-state index >= 15 is 0 Å². The molecule has 0 radical (unpaired) electrons. The third-order valence-electron chi connectivity index (χ3n) is 3.86. The van der Waals surface area contributed by atoms with Crippen molar-refractivity contribution >= 4 is 17.1 Å². The van der Waals surface area contributed by atoms with Gasteiger partial charge in [0.25, 0.3) is 5.69 Å². The van der Waals surface area contributed by atoms with Gasteiger partial charge in [0, 0.05) is 36.1 Å². The van der Waals surface area contributed by atoms with Crippen LogP contribution in [-0.4, -0.2) is 17.5 Å². The number of nitro benzene ring substituents is 1. The van der Waals surface area contributed by atoms with Crippen LogP contribution < -0.4 is 10.6 Å². The first-order valence-corrected chi connectivity index (χ1v) is 7.81. The Bertz CT molecular complexity index is 459. The van der Waals surface area contributed by atoms with Crippen molar-refractivity contribution in [3.05, 3.63) is 28.3 Å². The Balaban J connectivity index is 2.94. The summed E-state index contributed by atoms with van der Waals surface area (Å²) in [5.74, 6) is 0.566. The second-order valence-electron chi connectivity index (χ2n) is 5.46. The van der Waals surface area contributed by atoms with Crippen LogP contribution in [0.1, 0.15) is 47.0 Å². The fraction of sp³-hybridized carbons (Fsp3) is 0.625. The van der Waals surface area contributed by atoms with Crippen molar-refractivity contribution < 1.29 is 4.92 Å².